The number of rotatable bonds is 3. The summed E-state index contributed by atoms with van der Waals surface area (Å²) in [6.45, 7) is 4.48. The standard InChI is InChI=1S/C15H16N4O2/c1-9-11(7-18(3)17-9)8-19-10(2)16-14-12(15(20)21)5-4-6-13(14)19/h4-7H,8H2,1-3H3,(H,20,21). The molecule has 2 heterocycles. The molecule has 0 atom stereocenters. The molecule has 0 spiro atoms. The molecule has 1 aromatic carbocycles. The summed E-state index contributed by atoms with van der Waals surface area (Å²) in [6.07, 6.45) is 1.97. The summed E-state index contributed by atoms with van der Waals surface area (Å²) >= 11 is 0. The smallest absolute Gasteiger partial charge is 0.337 e. The van der Waals surface area contributed by atoms with Gasteiger partial charge >= 0.3 is 5.97 Å². The molecular weight excluding hydrogens is 268 g/mol. The molecule has 3 aromatic rings. The molecule has 0 saturated carbocycles. The van der Waals surface area contributed by atoms with E-state index in [0.29, 0.717) is 12.1 Å². The minimum atomic E-state index is -0.956. The Morgan fingerprint density at radius 3 is 2.71 bits per heavy atom. The van der Waals surface area contributed by atoms with Gasteiger partial charge in [0.2, 0.25) is 0 Å². The molecule has 0 aliphatic heterocycles. The Morgan fingerprint density at radius 2 is 2.10 bits per heavy atom. The van der Waals surface area contributed by atoms with E-state index in [1.54, 1.807) is 16.8 Å². The largest absolute Gasteiger partial charge is 0.478 e. The number of hydrogen-bond acceptors (Lipinski definition) is 3. The number of nitrogens with zero attached hydrogens (tertiary/aromatic N) is 4. The monoisotopic (exact) mass is 284 g/mol. The van der Waals surface area contributed by atoms with E-state index in [1.165, 1.54) is 0 Å². The molecule has 108 valence electrons. The highest BCUT2D eigenvalue weighted by molar-refractivity contribution is 6.01. The van der Waals surface area contributed by atoms with Crippen molar-refractivity contribution in [3.8, 4) is 0 Å². The highest BCUT2D eigenvalue weighted by atomic mass is 16.4. The second-order valence-electron chi connectivity index (χ2n) is 5.14. The third-order valence-electron chi connectivity index (χ3n) is 3.64. The fourth-order valence-corrected chi connectivity index (χ4v) is 2.61. The van der Waals surface area contributed by atoms with Crippen LogP contribution in [0.4, 0.5) is 0 Å². The van der Waals surface area contributed by atoms with E-state index in [4.69, 9.17) is 0 Å². The summed E-state index contributed by atoms with van der Waals surface area (Å²) in [5.74, 6) is -0.162. The number of imidazole rings is 1. The highest BCUT2D eigenvalue weighted by Gasteiger charge is 2.16. The van der Waals surface area contributed by atoms with Crippen LogP contribution in [-0.4, -0.2) is 30.4 Å². The van der Waals surface area contributed by atoms with Gasteiger partial charge in [-0.1, -0.05) is 6.07 Å². The Balaban J connectivity index is 2.15. The summed E-state index contributed by atoms with van der Waals surface area (Å²) in [5.41, 5.74) is 3.66. The van der Waals surface area contributed by atoms with Gasteiger partial charge in [0, 0.05) is 18.8 Å². The molecule has 0 saturated heterocycles. The van der Waals surface area contributed by atoms with Crippen molar-refractivity contribution in [2.75, 3.05) is 0 Å². The van der Waals surface area contributed by atoms with Crippen molar-refractivity contribution in [1.82, 2.24) is 19.3 Å². The summed E-state index contributed by atoms with van der Waals surface area (Å²) < 4.78 is 3.80. The van der Waals surface area contributed by atoms with Gasteiger partial charge in [0.25, 0.3) is 0 Å². The molecule has 0 aliphatic carbocycles. The van der Waals surface area contributed by atoms with E-state index in [1.807, 2.05) is 37.7 Å². The number of para-hydroxylation sites is 1. The van der Waals surface area contributed by atoms with Crippen LogP contribution >= 0.6 is 0 Å². The van der Waals surface area contributed by atoms with Crippen molar-refractivity contribution in [2.45, 2.75) is 20.4 Å². The number of fused-ring (bicyclic) bond motifs is 1. The average Bonchev–Trinajstić information content (AvgIpc) is 2.90. The maximum absolute atomic E-state index is 11.3. The Labute approximate surface area is 121 Å². The number of hydrogen-bond donors (Lipinski definition) is 1. The molecule has 0 unspecified atom stereocenters. The molecule has 3 rings (SSSR count). The lowest BCUT2D eigenvalue weighted by Crippen LogP contribution is -2.02. The van der Waals surface area contributed by atoms with Crippen LogP contribution in [0.15, 0.2) is 24.4 Å². The van der Waals surface area contributed by atoms with Crippen LogP contribution in [0.25, 0.3) is 11.0 Å². The summed E-state index contributed by atoms with van der Waals surface area (Å²) in [6, 6.07) is 5.23. The van der Waals surface area contributed by atoms with Crippen LogP contribution in [-0.2, 0) is 13.6 Å². The van der Waals surface area contributed by atoms with Crippen molar-refractivity contribution in [2.24, 2.45) is 7.05 Å². The van der Waals surface area contributed by atoms with Crippen molar-refractivity contribution in [1.29, 1.82) is 0 Å². The lowest BCUT2D eigenvalue weighted by atomic mass is 10.2. The number of carboxylic acids is 1. The lowest BCUT2D eigenvalue weighted by molar-refractivity contribution is 0.0699. The zero-order valence-electron chi connectivity index (χ0n) is 12.2. The molecule has 0 aliphatic rings. The summed E-state index contributed by atoms with van der Waals surface area (Å²) in [4.78, 5) is 15.7. The van der Waals surface area contributed by atoms with Crippen LogP contribution in [0.5, 0.6) is 0 Å². The predicted molar refractivity (Wildman–Crippen MR) is 78.5 cm³/mol. The molecule has 0 fully saturated rings. The van der Waals surface area contributed by atoms with Gasteiger partial charge in [-0.05, 0) is 26.0 Å². The van der Waals surface area contributed by atoms with Gasteiger partial charge in [0.15, 0.2) is 0 Å². The fourth-order valence-electron chi connectivity index (χ4n) is 2.61. The first kappa shape index (κ1) is 13.4. The second kappa shape index (κ2) is 4.73. The number of aryl methyl sites for hydroxylation is 3. The number of carboxylic acid groups (broad SMARTS) is 1. The summed E-state index contributed by atoms with van der Waals surface area (Å²) in [7, 11) is 1.89. The van der Waals surface area contributed by atoms with E-state index in [2.05, 4.69) is 10.1 Å². The normalized spacial score (nSPS) is 11.2. The third-order valence-corrected chi connectivity index (χ3v) is 3.64. The van der Waals surface area contributed by atoms with Crippen LogP contribution in [0.2, 0.25) is 0 Å². The molecular formula is C15H16N4O2. The minimum Gasteiger partial charge on any atom is -0.478 e. The first-order valence-electron chi connectivity index (χ1n) is 6.65. The van der Waals surface area contributed by atoms with Gasteiger partial charge in [0.1, 0.15) is 11.3 Å². The number of aromatic carboxylic acids is 1. The van der Waals surface area contributed by atoms with Gasteiger partial charge in [-0.2, -0.15) is 5.10 Å². The molecule has 6 nitrogen and oxygen atoms in total. The highest BCUT2D eigenvalue weighted by Crippen LogP contribution is 2.22. The van der Waals surface area contributed by atoms with Crippen LogP contribution in [0, 0.1) is 13.8 Å². The average molecular weight is 284 g/mol. The van der Waals surface area contributed by atoms with Crippen molar-refractivity contribution < 1.29 is 9.90 Å². The first-order valence-corrected chi connectivity index (χ1v) is 6.65. The van der Waals surface area contributed by atoms with Gasteiger partial charge in [0.05, 0.1) is 23.3 Å². The SMILES string of the molecule is Cc1nn(C)cc1Cn1c(C)nc2c(C(=O)O)cccc21. The maximum atomic E-state index is 11.3. The Morgan fingerprint density at radius 1 is 1.33 bits per heavy atom. The number of carbonyl (C=O) groups is 1. The lowest BCUT2D eigenvalue weighted by Gasteiger charge is -2.06. The van der Waals surface area contributed by atoms with E-state index in [-0.39, 0.29) is 5.56 Å². The van der Waals surface area contributed by atoms with E-state index < -0.39 is 5.97 Å². The Kier molecular flexibility index (Phi) is 3.01. The predicted octanol–water partition coefficient (Wildman–Crippen LogP) is 2.13. The van der Waals surface area contributed by atoms with Crippen molar-refractivity contribution in [3.63, 3.8) is 0 Å². The maximum Gasteiger partial charge on any atom is 0.337 e. The van der Waals surface area contributed by atoms with Gasteiger partial charge in [-0.3, -0.25) is 4.68 Å². The Bertz CT molecular complexity index is 845. The molecule has 0 bridgehead atoms. The van der Waals surface area contributed by atoms with Crippen molar-refractivity contribution in [3.05, 3.63) is 47.0 Å². The molecule has 1 N–H and O–H groups in total. The molecule has 6 heteroatoms. The summed E-state index contributed by atoms with van der Waals surface area (Å²) in [5, 5.41) is 13.6. The van der Waals surface area contributed by atoms with Gasteiger partial charge in [-0.15, -0.1) is 0 Å². The molecule has 2 aromatic heterocycles. The zero-order chi connectivity index (χ0) is 15.1. The van der Waals surface area contributed by atoms with Crippen LogP contribution < -0.4 is 0 Å². The van der Waals surface area contributed by atoms with E-state index in [0.717, 1.165) is 22.6 Å². The van der Waals surface area contributed by atoms with Gasteiger partial charge < -0.3 is 9.67 Å². The quantitative estimate of drug-likeness (QED) is 0.799. The molecule has 0 amide bonds. The fraction of sp³-hybridized carbons (Fsp3) is 0.267. The minimum absolute atomic E-state index is 0.234. The number of benzene rings is 1. The first-order chi connectivity index (χ1) is 9.97. The van der Waals surface area contributed by atoms with E-state index in [9.17, 15) is 9.90 Å². The van der Waals surface area contributed by atoms with Crippen LogP contribution in [0.1, 0.15) is 27.4 Å². The zero-order valence-corrected chi connectivity index (χ0v) is 12.2. The van der Waals surface area contributed by atoms with Crippen molar-refractivity contribution >= 4 is 17.0 Å². The molecule has 0 radical (unpaired) electrons. The number of aromatic nitrogens is 4. The second-order valence-corrected chi connectivity index (χ2v) is 5.14. The van der Waals surface area contributed by atoms with E-state index >= 15 is 0 Å². The molecule has 21 heavy (non-hydrogen) atoms. The topological polar surface area (TPSA) is 72.9 Å². The third kappa shape index (κ3) is 2.18. The van der Waals surface area contributed by atoms with Crippen LogP contribution in [0.3, 0.4) is 0 Å². The van der Waals surface area contributed by atoms with Gasteiger partial charge in [-0.25, -0.2) is 9.78 Å². The Hall–Kier alpha value is -2.63.